The van der Waals surface area contributed by atoms with Crippen LogP contribution >= 0.6 is 11.8 Å². The number of hydrogen-bond donors (Lipinski definition) is 3. The Morgan fingerprint density at radius 3 is 2.53 bits per heavy atom. The van der Waals surface area contributed by atoms with Crippen LogP contribution in [0.2, 0.25) is 0 Å². The van der Waals surface area contributed by atoms with Gasteiger partial charge in [0.15, 0.2) is 10.8 Å². The molecule has 2 aromatic rings. The summed E-state index contributed by atoms with van der Waals surface area (Å²) < 4.78 is 0. The maximum absolute atomic E-state index is 12.5. The van der Waals surface area contributed by atoms with Crippen LogP contribution in [0.5, 0.6) is 0 Å². The molecule has 0 saturated carbocycles. The lowest BCUT2D eigenvalue weighted by molar-refractivity contribution is 0.192. The zero-order chi connectivity index (χ0) is 21.8. The summed E-state index contributed by atoms with van der Waals surface area (Å²) in [6.07, 6.45) is 10.8. The van der Waals surface area contributed by atoms with Crippen molar-refractivity contribution in [2.24, 2.45) is 0 Å². The third-order valence-electron chi connectivity index (χ3n) is 4.85. The van der Waals surface area contributed by atoms with Crippen LogP contribution in [0.1, 0.15) is 72.1 Å². The molecule has 9 heteroatoms. The van der Waals surface area contributed by atoms with Crippen LogP contribution in [0, 0.1) is 0 Å². The van der Waals surface area contributed by atoms with E-state index in [1.54, 1.807) is 18.0 Å². The van der Waals surface area contributed by atoms with Gasteiger partial charge in [-0.15, -0.1) is 0 Å². The lowest BCUT2D eigenvalue weighted by atomic mass is 10.1. The molecular weight excluding hydrogens is 398 g/mol. The van der Waals surface area contributed by atoms with Crippen molar-refractivity contribution >= 4 is 34.6 Å². The molecule has 0 saturated heterocycles. The lowest BCUT2D eigenvalue weighted by Crippen LogP contribution is -2.43. The number of hydrogen-bond acceptors (Lipinski definition) is 6. The summed E-state index contributed by atoms with van der Waals surface area (Å²) in [4.78, 5) is 23.2. The largest absolute Gasteiger partial charge is 0.383 e. The van der Waals surface area contributed by atoms with Crippen LogP contribution in [0.3, 0.4) is 0 Å². The SMILES string of the molecule is CCCCCCCN(CCCCCSc1nc(N)c2cn[nH]c2n1)C(=O)NC(C)C. The number of amides is 2. The fourth-order valence-corrected chi connectivity index (χ4v) is 4.05. The van der Waals surface area contributed by atoms with Gasteiger partial charge in [0.05, 0.1) is 11.6 Å². The Hall–Kier alpha value is -2.03. The van der Waals surface area contributed by atoms with Crippen molar-refractivity contribution in [1.29, 1.82) is 0 Å². The first-order valence-corrected chi connectivity index (χ1v) is 12.1. The average molecular weight is 436 g/mol. The Bertz CT molecular complexity index is 765. The van der Waals surface area contributed by atoms with E-state index in [-0.39, 0.29) is 12.1 Å². The number of aromatic amines is 1. The van der Waals surface area contributed by atoms with E-state index in [0.29, 0.717) is 16.6 Å². The quantitative estimate of drug-likeness (QED) is 0.227. The highest BCUT2D eigenvalue weighted by atomic mass is 32.2. The highest BCUT2D eigenvalue weighted by Gasteiger charge is 2.13. The summed E-state index contributed by atoms with van der Waals surface area (Å²) >= 11 is 1.60. The van der Waals surface area contributed by atoms with Crippen molar-refractivity contribution in [2.75, 3.05) is 24.6 Å². The molecule has 0 aliphatic heterocycles. The van der Waals surface area contributed by atoms with Crippen LogP contribution < -0.4 is 11.1 Å². The van der Waals surface area contributed by atoms with Crippen molar-refractivity contribution in [3.63, 3.8) is 0 Å². The van der Waals surface area contributed by atoms with Gasteiger partial charge in [0, 0.05) is 24.9 Å². The molecule has 4 N–H and O–H groups in total. The molecule has 0 unspecified atom stereocenters. The van der Waals surface area contributed by atoms with Crippen molar-refractivity contribution in [3.05, 3.63) is 6.20 Å². The molecule has 8 nitrogen and oxygen atoms in total. The van der Waals surface area contributed by atoms with Crippen LogP contribution in [0.25, 0.3) is 11.0 Å². The predicted molar refractivity (Wildman–Crippen MR) is 125 cm³/mol. The summed E-state index contributed by atoms with van der Waals surface area (Å²) in [5.74, 6) is 1.39. The minimum absolute atomic E-state index is 0.0617. The van der Waals surface area contributed by atoms with Gasteiger partial charge in [0.25, 0.3) is 0 Å². The second-order valence-corrected chi connectivity index (χ2v) is 9.00. The van der Waals surface area contributed by atoms with Gasteiger partial charge < -0.3 is 16.0 Å². The van der Waals surface area contributed by atoms with E-state index in [4.69, 9.17) is 5.73 Å². The average Bonchev–Trinajstić information content (AvgIpc) is 3.17. The second kappa shape index (κ2) is 13.3. The maximum Gasteiger partial charge on any atom is 0.317 e. The van der Waals surface area contributed by atoms with Gasteiger partial charge in [-0.25, -0.2) is 14.8 Å². The van der Waals surface area contributed by atoms with Gasteiger partial charge in [-0.05, 0) is 33.1 Å². The van der Waals surface area contributed by atoms with Crippen LogP contribution in [-0.2, 0) is 0 Å². The number of rotatable bonds is 14. The lowest BCUT2D eigenvalue weighted by Gasteiger charge is -2.24. The minimum Gasteiger partial charge on any atom is -0.383 e. The first kappa shape index (κ1) is 24.2. The minimum atomic E-state index is 0.0617. The molecule has 30 heavy (non-hydrogen) atoms. The first-order valence-electron chi connectivity index (χ1n) is 11.2. The number of nitrogens with two attached hydrogens (primary N) is 1. The predicted octanol–water partition coefficient (Wildman–Crippen LogP) is 4.59. The molecule has 2 heterocycles. The normalized spacial score (nSPS) is 11.3. The summed E-state index contributed by atoms with van der Waals surface area (Å²) in [5, 5.41) is 11.3. The van der Waals surface area contributed by atoms with Crippen LogP contribution in [0.4, 0.5) is 10.6 Å². The molecule has 2 rings (SSSR count). The van der Waals surface area contributed by atoms with Gasteiger partial charge in [-0.3, -0.25) is 5.10 Å². The topological polar surface area (TPSA) is 113 Å². The smallest absolute Gasteiger partial charge is 0.317 e. The van der Waals surface area contributed by atoms with Crippen molar-refractivity contribution in [2.45, 2.75) is 83.3 Å². The fraction of sp³-hybridized carbons (Fsp3) is 0.714. The number of unbranched alkanes of at least 4 members (excludes halogenated alkanes) is 6. The van der Waals surface area contributed by atoms with Crippen LogP contribution in [0.15, 0.2) is 11.4 Å². The van der Waals surface area contributed by atoms with E-state index in [1.807, 2.05) is 18.7 Å². The molecule has 0 aromatic carbocycles. The number of fused-ring (bicyclic) bond motifs is 1. The summed E-state index contributed by atoms with van der Waals surface area (Å²) in [5.41, 5.74) is 6.62. The fourth-order valence-electron chi connectivity index (χ4n) is 3.20. The molecule has 2 aromatic heterocycles. The Labute approximate surface area is 184 Å². The van der Waals surface area contributed by atoms with Gasteiger partial charge in [0.2, 0.25) is 0 Å². The monoisotopic (exact) mass is 435 g/mol. The summed E-state index contributed by atoms with van der Waals surface area (Å²) in [7, 11) is 0. The summed E-state index contributed by atoms with van der Waals surface area (Å²) in [6.45, 7) is 7.88. The number of thioether (sulfide) groups is 1. The first-order chi connectivity index (χ1) is 14.5. The number of nitrogens with zero attached hydrogens (tertiary/aromatic N) is 4. The van der Waals surface area contributed by atoms with Crippen molar-refractivity contribution < 1.29 is 4.79 Å². The van der Waals surface area contributed by atoms with Gasteiger partial charge in [-0.2, -0.15) is 5.10 Å². The van der Waals surface area contributed by atoms with Gasteiger partial charge in [-0.1, -0.05) is 50.8 Å². The number of anilines is 1. The van der Waals surface area contributed by atoms with Crippen molar-refractivity contribution in [1.82, 2.24) is 30.4 Å². The molecule has 2 amide bonds. The molecule has 0 aliphatic rings. The molecule has 168 valence electrons. The number of urea groups is 1. The Kier molecular flexibility index (Phi) is 10.8. The third kappa shape index (κ3) is 8.38. The number of nitrogens with one attached hydrogen (secondary N) is 2. The van der Waals surface area contributed by atoms with E-state index in [1.165, 1.54) is 25.7 Å². The van der Waals surface area contributed by atoms with E-state index in [2.05, 4.69) is 32.4 Å². The molecule has 0 aliphatic carbocycles. The molecule has 0 radical (unpaired) electrons. The van der Waals surface area contributed by atoms with E-state index in [9.17, 15) is 4.79 Å². The van der Waals surface area contributed by atoms with E-state index >= 15 is 0 Å². The van der Waals surface area contributed by atoms with E-state index < -0.39 is 0 Å². The zero-order valence-corrected chi connectivity index (χ0v) is 19.4. The highest BCUT2D eigenvalue weighted by molar-refractivity contribution is 7.99. The number of H-pyrrole nitrogens is 1. The molecule has 0 fully saturated rings. The van der Waals surface area contributed by atoms with Gasteiger partial charge >= 0.3 is 6.03 Å². The molecular formula is C21H37N7OS. The number of carbonyl (C=O) groups excluding carboxylic acids is 1. The number of carbonyl (C=O) groups is 1. The van der Waals surface area contributed by atoms with Gasteiger partial charge in [0.1, 0.15) is 5.82 Å². The highest BCUT2D eigenvalue weighted by Crippen LogP contribution is 2.21. The Morgan fingerprint density at radius 1 is 1.13 bits per heavy atom. The summed E-state index contributed by atoms with van der Waals surface area (Å²) in [6, 6.07) is 0.225. The molecule has 0 spiro atoms. The Morgan fingerprint density at radius 2 is 1.83 bits per heavy atom. The van der Waals surface area contributed by atoms with Crippen molar-refractivity contribution in [3.8, 4) is 0 Å². The number of aromatic nitrogens is 4. The zero-order valence-electron chi connectivity index (χ0n) is 18.6. The molecule has 0 bridgehead atoms. The second-order valence-electron chi connectivity index (χ2n) is 7.94. The molecule has 0 atom stereocenters. The Balaban J connectivity index is 1.68. The number of nitrogen functional groups attached to an aromatic ring is 1. The van der Waals surface area contributed by atoms with Crippen LogP contribution in [-0.4, -0.2) is 56.0 Å². The standard InChI is InChI=1S/C21H37N7OS/c1-4-5-6-7-9-12-28(21(29)24-16(2)3)13-10-8-11-14-30-20-25-18(22)17-15-23-27-19(17)26-20/h15-16H,4-14H2,1-3H3,(H,24,29)(H3,22,23,25,26,27). The third-order valence-corrected chi connectivity index (χ3v) is 5.79. The maximum atomic E-state index is 12.5. The van der Waals surface area contributed by atoms with E-state index in [0.717, 1.165) is 49.9 Å².